The van der Waals surface area contributed by atoms with Crippen LogP contribution < -0.4 is 0 Å². The van der Waals surface area contributed by atoms with Gasteiger partial charge in [-0.1, -0.05) is 32.9 Å². The van der Waals surface area contributed by atoms with Gasteiger partial charge in [0.25, 0.3) is 0 Å². The van der Waals surface area contributed by atoms with Gasteiger partial charge in [0, 0.05) is 10.8 Å². The van der Waals surface area contributed by atoms with Gasteiger partial charge in [-0.15, -0.1) is 6.58 Å². The lowest BCUT2D eigenvalue weighted by Gasteiger charge is -2.62. The molecule has 3 fully saturated rings. The van der Waals surface area contributed by atoms with Crippen LogP contribution >= 0.6 is 0 Å². The first-order valence-electron chi connectivity index (χ1n) is 12.5. The highest BCUT2D eigenvalue weighted by atomic mass is 16.7. The van der Waals surface area contributed by atoms with Crippen molar-refractivity contribution >= 4 is 0 Å². The van der Waals surface area contributed by atoms with Gasteiger partial charge in [0.15, 0.2) is 6.29 Å². The number of fused-ring (bicyclic) bond motifs is 3. The molecule has 0 radical (unpaired) electrons. The Morgan fingerprint density at radius 3 is 2.41 bits per heavy atom. The van der Waals surface area contributed by atoms with Crippen molar-refractivity contribution in [1.29, 1.82) is 0 Å². The minimum Gasteiger partial charge on any atom is -0.394 e. The van der Waals surface area contributed by atoms with Gasteiger partial charge in [-0.25, -0.2) is 0 Å². The largest absolute Gasteiger partial charge is 0.394 e. The van der Waals surface area contributed by atoms with E-state index in [1.807, 2.05) is 13.0 Å². The lowest BCUT2D eigenvalue weighted by atomic mass is 9.44. The van der Waals surface area contributed by atoms with E-state index in [4.69, 9.17) is 9.47 Å². The maximum Gasteiger partial charge on any atom is 0.186 e. The molecule has 8 heteroatoms. The molecule has 3 aliphatic carbocycles. The summed E-state index contributed by atoms with van der Waals surface area (Å²) in [6, 6.07) is 0. The molecule has 2 saturated carbocycles. The third-order valence-corrected chi connectivity index (χ3v) is 9.69. The summed E-state index contributed by atoms with van der Waals surface area (Å²) in [4.78, 5) is 0. The summed E-state index contributed by atoms with van der Waals surface area (Å²) < 4.78 is 11.5. The molecule has 6 N–H and O–H groups in total. The van der Waals surface area contributed by atoms with Crippen LogP contribution in [0.5, 0.6) is 0 Å². The quantitative estimate of drug-likeness (QED) is 0.318. The fraction of sp³-hybridized carbons (Fsp3) is 0.846. The van der Waals surface area contributed by atoms with Gasteiger partial charge in [0.05, 0.1) is 25.4 Å². The normalized spacial score (nSPS) is 53.4. The van der Waals surface area contributed by atoms with Gasteiger partial charge in [-0.2, -0.15) is 0 Å². The fourth-order valence-corrected chi connectivity index (χ4v) is 7.29. The topological polar surface area (TPSA) is 140 Å². The molecule has 0 aromatic rings. The third kappa shape index (κ3) is 4.10. The molecule has 34 heavy (non-hydrogen) atoms. The van der Waals surface area contributed by atoms with Crippen molar-refractivity contribution in [3.05, 3.63) is 24.3 Å². The lowest BCUT2D eigenvalue weighted by molar-refractivity contribution is -0.313. The minimum atomic E-state index is -1.52. The number of hydrogen-bond acceptors (Lipinski definition) is 8. The van der Waals surface area contributed by atoms with E-state index in [1.54, 1.807) is 0 Å². The molecule has 0 spiro atoms. The Morgan fingerprint density at radius 2 is 1.76 bits per heavy atom. The predicted molar refractivity (Wildman–Crippen MR) is 124 cm³/mol. The molecule has 0 bridgehead atoms. The summed E-state index contributed by atoms with van der Waals surface area (Å²) in [6.45, 7) is 9.87. The number of aliphatic hydroxyl groups excluding tert-OH is 6. The van der Waals surface area contributed by atoms with E-state index < -0.39 is 54.9 Å². The molecule has 8 nitrogen and oxygen atoms in total. The maximum atomic E-state index is 11.2. The molecule has 1 saturated heterocycles. The lowest BCUT2D eigenvalue weighted by Crippen LogP contribution is -2.62. The van der Waals surface area contributed by atoms with Crippen molar-refractivity contribution < 1.29 is 40.1 Å². The van der Waals surface area contributed by atoms with E-state index in [1.165, 1.54) is 0 Å². The Balaban J connectivity index is 1.58. The van der Waals surface area contributed by atoms with Gasteiger partial charge in [-0.05, 0) is 54.9 Å². The van der Waals surface area contributed by atoms with Crippen molar-refractivity contribution in [2.45, 2.75) is 95.8 Å². The summed E-state index contributed by atoms with van der Waals surface area (Å²) in [7, 11) is 0. The molecular weight excluding hydrogens is 440 g/mol. The molecule has 2 unspecified atom stereocenters. The summed E-state index contributed by atoms with van der Waals surface area (Å²) in [6.07, 6.45) is -0.0495. The van der Waals surface area contributed by atoms with Gasteiger partial charge in [0.1, 0.15) is 24.4 Å². The molecular formula is C26H42O8. The molecule has 4 rings (SSSR count). The van der Waals surface area contributed by atoms with E-state index in [-0.39, 0.29) is 29.3 Å². The Morgan fingerprint density at radius 1 is 1.06 bits per heavy atom. The van der Waals surface area contributed by atoms with Crippen molar-refractivity contribution in [2.75, 3.05) is 13.2 Å². The molecule has 0 aromatic heterocycles. The monoisotopic (exact) mass is 482 g/mol. The molecule has 0 amide bonds. The summed E-state index contributed by atoms with van der Waals surface area (Å²) >= 11 is 0. The van der Waals surface area contributed by atoms with Crippen LogP contribution in [0.25, 0.3) is 0 Å². The second-order valence-electron chi connectivity index (χ2n) is 11.8. The molecule has 1 aliphatic heterocycles. The van der Waals surface area contributed by atoms with Crippen LogP contribution in [0.1, 0.15) is 52.9 Å². The third-order valence-electron chi connectivity index (χ3n) is 9.69. The second kappa shape index (κ2) is 9.23. The first kappa shape index (κ1) is 26.2. The van der Waals surface area contributed by atoms with Crippen LogP contribution in [0.2, 0.25) is 0 Å². The SMILES string of the molecule is C=C[C@]1(C)C=C2C(CC1)[C@@]1(C)CC[C@H](O)[C@](C)(CO[C@@H]3O[C@H](CO)[C@@H](O)[C@@H](O)[C@@H]3O)C1C[C@H]2O. The van der Waals surface area contributed by atoms with Crippen LogP contribution in [0.15, 0.2) is 24.3 Å². The van der Waals surface area contributed by atoms with Crippen LogP contribution in [-0.2, 0) is 9.47 Å². The zero-order valence-corrected chi connectivity index (χ0v) is 20.5. The van der Waals surface area contributed by atoms with Gasteiger partial charge < -0.3 is 40.1 Å². The van der Waals surface area contributed by atoms with E-state index >= 15 is 0 Å². The maximum absolute atomic E-state index is 11.2. The number of rotatable bonds is 5. The van der Waals surface area contributed by atoms with Gasteiger partial charge in [-0.3, -0.25) is 0 Å². The van der Waals surface area contributed by atoms with Crippen LogP contribution in [0.3, 0.4) is 0 Å². The molecule has 1 heterocycles. The summed E-state index contributed by atoms with van der Waals surface area (Å²) in [5, 5.41) is 62.4. The summed E-state index contributed by atoms with van der Waals surface area (Å²) in [5.74, 6) is 0.159. The number of hydrogen-bond donors (Lipinski definition) is 6. The Labute approximate surface area is 201 Å². The highest BCUT2D eigenvalue weighted by Gasteiger charge is 2.61. The highest BCUT2D eigenvalue weighted by molar-refractivity contribution is 5.30. The van der Waals surface area contributed by atoms with Crippen LogP contribution in [-0.4, -0.2) is 86.8 Å². The Kier molecular flexibility index (Phi) is 7.12. The van der Waals surface area contributed by atoms with Crippen LogP contribution in [0.4, 0.5) is 0 Å². The average molecular weight is 483 g/mol. The first-order chi connectivity index (χ1) is 15.9. The predicted octanol–water partition coefficient (Wildman–Crippen LogP) is 0.880. The van der Waals surface area contributed by atoms with Crippen LogP contribution in [0, 0.1) is 28.1 Å². The van der Waals surface area contributed by atoms with E-state index in [9.17, 15) is 30.6 Å². The highest BCUT2D eigenvalue weighted by Crippen LogP contribution is 2.64. The van der Waals surface area contributed by atoms with Crippen molar-refractivity contribution in [3.63, 3.8) is 0 Å². The Bertz CT molecular complexity index is 800. The van der Waals surface area contributed by atoms with E-state index in [2.05, 4.69) is 26.5 Å². The average Bonchev–Trinajstić information content (AvgIpc) is 2.82. The Hall–Kier alpha value is -0.840. The zero-order valence-electron chi connectivity index (χ0n) is 20.5. The molecule has 0 aromatic carbocycles. The second-order valence-corrected chi connectivity index (χ2v) is 11.8. The smallest absolute Gasteiger partial charge is 0.186 e. The number of allylic oxidation sites excluding steroid dienone is 2. The molecule has 12 atom stereocenters. The first-order valence-corrected chi connectivity index (χ1v) is 12.5. The van der Waals surface area contributed by atoms with E-state index in [0.717, 1.165) is 24.8 Å². The summed E-state index contributed by atoms with van der Waals surface area (Å²) in [5.41, 5.74) is 0.0957. The van der Waals surface area contributed by atoms with E-state index in [0.29, 0.717) is 12.8 Å². The minimum absolute atomic E-state index is 0.0416. The number of ether oxygens (including phenoxy) is 2. The fourth-order valence-electron chi connectivity index (χ4n) is 7.29. The standard InChI is InChI=1S/C26H42O8/c1-5-24(2)8-6-15-14(11-24)16(28)10-18-25(15,3)9-7-19(29)26(18,4)13-33-23-22(32)21(31)20(30)17(12-27)34-23/h5,11,15-23,27-32H,1,6-10,12-13H2,2-4H3/t15?,16-,17-,18?,19+,20-,21-,22+,23-,24+,25-,26-/m1/s1. The van der Waals surface area contributed by atoms with Crippen molar-refractivity contribution in [1.82, 2.24) is 0 Å². The molecule has 194 valence electrons. The van der Waals surface area contributed by atoms with Gasteiger partial charge in [0.2, 0.25) is 0 Å². The van der Waals surface area contributed by atoms with Gasteiger partial charge >= 0.3 is 0 Å². The zero-order chi connectivity index (χ0) is 25.1. The van der Waals surface area contributed by atoms with Crippen molar-refractivity contribution in [3.8, 4) is 0 Å². The molecule has 4 aliphatic rings. The van der Waals surface area contributed by atoms with Crippen molar-refractivity contribution in [2.24, 2.45) is 28.1 Å². The number of aliphatic hydroxyl groups is 6.